The summed E-state index contributed by atoms with van der Waals surface area (Å²) in [4.78, 5) is 34.7. The van der Waals surface area contributed by atoms with Crippen molar-refractivity contribution in [2.24, 2.45) is 0 Å². The van der Waals surface area contributed by atoms with Crippen LogP contribution in [0.1, 0.15) is 28.6 Å². The van der Waals surface area contributed by atoms with Gasteiger partial charge in [0.25, 0.3) is 5.91 Å². The molecule has 1 aromatic carbocycles. The number of nitrogens with zero attached hydrogens (tertiary/aromatic N) is 3. The largest absolute Gasteiger partial charge is 0.337 e. The van der Waals surface area contributed by atoms with Gasteiger partial charge in [-0.15, -0.1) is 11.3 Å². The molecule has 4 rings (SSSR count). The normalized spacial score (nSPS) is 14.8. The van der Waals surface area contributed by atoms with E-state index >= 15 is 0 Å². The van der Waals surface area contributed by atoms with Gasteiger partial charge in [-0.05, 0) is 48.4 Å². The molecule has 0 saturated carbocycles. The fourth-order valence-electron chi connectivity index (χ4n) is 3.74. The van der Waals surface area contributed by atoms with Crippen LogP contribution in [-0.2, 0) is 11.3 Å². The molecule has 3 aromatic rings. The van der Waals surface area contributed by atoms with Crippen molar-refractivity contribution < 1.29 is 9.59 Å². The summed E-state index contributed by atoms with van der Waals surface area (Å²) in [6.07, 6.45) is 2.72. The first-order valence-electron chi connectivity index (χ1n) is 10.5. The number of aromatic nitrogens is 1. The molecule has 0 spiro atoms. The van der Waals surface area contributed by atoms with Gasteiger partial charge in [-0.2, -0.15) is 0 Å². The van der Waals surface area contributed by atoms with Gasteiger partial charge in [0.1, 0.15) is 0 Å². The highest BCUT2D eigenvalue weighted by atomic mass is 32.1. The number of amides is 2. The zero-order valence-electron chi connectivity index (χ0n) is 17.6. The van der Waals surface area contributed by atoms with E-state index in [0.29, 0.717) is 0 Å². The molecule has 0 unspecified atom stereocenters. The third-order valence-corrected chi connectivity index (χ3v) is 6.39. The zero-order valence-corrected chi connectivity index (χ0v) is 18.4. The van der Waals surface area contributed by atoms with Crippen LogP contribution in [0.15, 0.2) is 60.8 Å². The summed E-state index contributed by atoms with van der Waals surface area (Å²) < 4.78 is 0. The molecule has 0 bridgehead atoms. The van der Waals surface area contributed by atoms with E-state index in [1.54, 1.807) is 6.20 Å². The van der Waals surface area contributed by atoms with Crippen molar-refractivity contribution in [2.45, 2.75) is 19.9 Å². The predicted molar refractivity (Wildman–Crippen MR) is 124 cm³/mol. The second kappa shape index (κ2) is 9.85. The Kier molecular flexibility index (Phi) is 6.74. The molecule has 1 fully saturated rings. The van der Waals surface area contributed by atoms with Crippen molar-refractivity contribution in [3.05, 3.63) is 71.2 Å². The van der Waals surface area contributed by atoms with E-state index < -0.39 is 0 Å². The van der Waals surface area contributed by atoms with Crippen molar-refractivity contribution in [2.75, 3.05) is 31.5 Å². The van der Waals surface area contributed by atoms with Gasteiger partial charge in [-0.25, -0.2) is 0 Å². The number of carbonyl (C=O) groups is 2. The fraction of sp³-hybridized carbons (Fsp3) is 0.292. The maximum Gasteiger partial charge on any atom is 0.263 e. The maximum atomic E-state index is 13.1. The zero-order chi connectivity index (χ0) is 21.6. The lowest BCUT2D eigenvalue weighted by Crippen LogP contribution is -2.34. The fourth-order valence-corrected chi connectivity index (χ4v) is 4.69. The van der Waals surface area contributed by atoms with Gasteiger partial charge >= 0.3 is 0 Å². The average molecular weight is 435 g/mol. The summed E-state index contributed by atoms with van der Waals surface area (Å²) in [6, 6.07) is 17.7. The number of pyridine rings is 1. The molecule has 1 aliphatic heterocycles. The Morgan fingerprint density at radius 2 is 1.84 bits per heavy atom. The Morgan fingerprint density at radius 1 is 1.00 bits per heavy atom. The number of carbonyl (C=O) groups excluding carboxylic acids is 2. The van der Waals surface area contributed by atoms with E-state index in [0.717, 1.165) is 60.3 Å². The topological polar surface area (TPSA) is 65.5 Å². The summed E-state index contributed by atoms with van der Waals surface area (Å²) in [7, 11) is 0. The molecule has 1 aliphatic rings. The van der Waals surface area contributed by atoms with Crippen LogP contribution in [-0.4, -0.2) is 52.8 Å². The van der Waals surface area contributed by atoms with E-state index in [4.69, 9.17) is 0 Å². The van der Waals surface area contributed by atoms with Gasteiger partial charge in [0.2, 0.25) is 5.91 Å². The van der Waals surface area contributed by atoms with Gasteiger partial charge in [0.05, 0.1) is 15.4 Å². The average Bonchev–Trinajstić information content (AvgIpc) is 3.16. The molecular formula is C24H26N4O2S. The number of hydrogen-bond acceptors (Lipinski definition) is 5. The first-order valence-corrected chi connectivity index (χ1v) is 11.3. The van der Waals surface area contributed by atoms with Crippen LogP contribution in [0.2, 0.25) is 0 Å². The van der Waals surface area contributed by atoms with Gasteiger partial charge in [-0.1, -0.05) is 18.2 Å². The van der Waals surface area contributed by atoms with Crippen LogP contribution < -0.4 is 5.32 Å². The Hall–Kier alpha value is -3.03. The quantitative estimate of drug-likeness (QED) is 0.656. The van der Waals surface area contributed by atoms with E-state index in [-0.39, 0.29) is 11.8 Å². The molecule has 160 valence electrons. The Bertz CT molecular complexity index is 1030. The Balaban J connectivity index is 1.34. The minimum Gasteiger partial charge on any atom is -0.337 e. The number of hydrogen-bond donors (Lipinski definition) is 1. The molecule has 2 amide bonds. The van der Waals surface area contributed by atoms with Crippen molar-refractivity contribution in [3.8, 4) is 10.6 Å². The van der Waals surface area contributed by atoms with E-state index in [9.17, 15) is 9.59 Å². The summed E-state index contributed by atoms with van der Waals surface area (Å²) in [5, 5.41) is 2.79. The first kappa shape index (κ1) is 21.2. The number of anilines is 1. The molecule has 0 aliphatic carbocycles. The maximum absolute atomic E-state index is 13.1. The molecule has 2 aromatic heterocycles. The number of thiophene rings is 1. The lowest BCUT2D eigenvalue weighted by molar-refractivity contribution is -0.114. The van der Waals surface area contributed by atoms with Crippen LogP contribution in [0.4, 0.5) is 5.69 Å². The van der Waals surface area contributed by atoms with Crippen LogP contribution >= 0.6 is 11.3 Å². The molecule has 3 heterocycles. The lowest BCUT2D eigenvalue weighted by Gasteiger charge is -2.21. The molecule has 31 heavy (non-hydrogen) atoms. The number of rotatable bonds is 5. The Morgan fingerprint density at radius 3 is 2.58 bits per heavy atom. The summed E-state index contributed by atoms with van der Waals surface area (Å²) in [5.41, 5.74) is 2.91. The van der Waals surface area contributed by atoms with Gasteiger partial charge in [0, 0.05) is 51.5 Å². The van der Waals surface area contributed by atoms with E-state index in [2.05, 4.69) is 15.2 Å². The van der Waals surface area contributed by atoms with Crippen LogP contribution in [0.25, 0.3) is 10.6 Å². The highest BCUT2D eigenvalue weighted by Crippen LogP contribution is 2.27. The van der Waals surface area contributed by atoms with Crippen LogP contribution in [0, 0.1) is 0 Å². The van der Waals surface area contributed by atoms with Crippen molar-refractivity contribution in [1.29, 1.82) is 0 Å². The SMILES string of the molecule is CC(=O)Nc1ccc(CN2CCCN(C(=O)c3ccc(-c4ccccn4)s3)CC2)cc1. The molecule has 6 nitrogen and oxygen atoms in total. The summed E-state index contributed by atoms with van der Waals surface area (Å²) in [6.45, 7) is 5.64. The number of benzene rings is 1. The predicted octanol–water partition coefficient (Wildman–Crippen LogP) is 4.12. The Labute approximate surface area is 186 Å². The molecular weight excluding hydrogens is 408 g/mol. The van der Waals surface area contributed by atoms with Crippen LogP contribution in [0.5, 0.6) is 0 Å². The van der Waals surface area contributed by atoms with Crippen molar-refractivity contribution >= 4 is 28.8 Å². The van der Waals surface area contributed by atoms with Crippen molar-refractivity contribution in [3.63, 3.8) is 0 Å². The monoisotopic (exact) mass is 434 g/mol. The lowest BCUT2D eigenvalue weighted by atomic mass is 10.2. The molecule has 0 atom stereocenters. The minimum absolute atomic E-state index is 0.0667. The summed E-state index contributed by atoms with van der Waals surface area (Å²) in [5.74, 6) is 0.0385. The third-order valence-electron chi connectivity index (χ3n) is 5.29. The minimum atomic E-state index is -0.0667. The van der Waals surface area contributed by atoms with Gasteiger partial charge in [0.15, 0.2) is 0 Å². The second-order valence-corrected chi connectivity index (χ2v) is 8.76. The molecule has 1 N–H and O–H groups in total. The van der Waals surface area contributed by atoms with Crippen LogP contribution in [0.3, 0.4) is 0 Å². The van der Waals surface area contributed by atoms with Gasteiger partial charge in [-0.3, -0.25) is 19.5 Å². The van der Waals surface area contributed by atoms with Gasteiger partial charge < -0.3 is 10.2 Å². The van der Waals surface area contributed by atoms with Crippen molar-refractivity contribution in [1.82, 2.24) is 14.8 Å². The highest BCUT2D eigenvalue weighted by Gasteiger charge is 2.22. The summed E-state index contributed by atoms with van der Waals surface area (Å²) >= 11 is 1.51. The highest BCUT2D eigenvalue weighted by molar-refractivity contribution is 7.17. The molecule has 7 heteroatoms. The molecule has 0 radical (unpaired) electrons. The third kappa shape index (κ3) is 5.57. The van der Waals surface area contributed by atoms with E-state index in [1.165, 1.54) is 23.8 Å². The number of nitrogens with one attached hydrogen (secondary N) is 1. The standard InChI is InChI=1S/C24H26N4O2S/c1-18(29)26-20-8-6-19(7-9-20)17-27-13-4-14-28(16-15-27)24(30)23-11-10-22(31-23)21-5-2-3-12-25-21/h2-3,5-12H,4,13-17H2,1H3,(H,26,29). The molecule has 1 saturated heterocycles. The van der Waals surface area contributed by atoms with E-state index in [1.807, 2.05) is 59.5 Å². The first-order chi connectivity index (χ1) is 15.1. The smallest absolute Gasteiger partial charge is 0.263 e. The second-order valence-electron chi connectivity index (χ2n) is 7.68.